The van der Waals surface area contributed by atoms with E-state index in [1.807, 2.05) is 6.92 Å². The molecule has 19 heavy (non-hydrogen) atoms. The Hall–Kier alpha value is -0.910. The van der Waals surface area contributed by atoms with E-state index in [0.717, 1.165) is 12.8 Å². The Morgan fingerprint density at radius 1 is 1.37 bits per heavy atom. The van der Waals surface area contributed by atoms with E-state index in [9.17, 15) is 8.42 Å². The third-order valence-electron chi connectivity index (χ3n) is 3.76. The van der Waals surface area contributed by atoms with E-state index >= 15 is 0 Å². The van der Waals surface area contributed by atoms with Gasteiger partial charge in [-0.25, -0.2) is 8.42 Å². The number of nitrogens with zero attached hydrogens (tertiary/aromatic N) is 1. The van der Waals surface area contributed by atoms with Crippen LogP contribution in [-0.4, -0.2) is 30.4 Å². The largest absolute Gasteiger partial charge is 0.392 e. The zero-order valence-electron chi connectivity index (χ0n) is 11.4. The van der Waals surface area contributed by atoms with Crippen molar-refractivity contribution in [2.45, 2.75) is 44.2 Å². The van der Waals surface area contributed by atoms with E-state index in [1.54, 1.807) is 28.6 Å². The van der Waals surface area contributed by atoms with Crippen LogP contribution in [0.1, 0.15) is 32.3 Å². The van der Waals surface area contributed by atoms with Gasteiger partial charge in [0.25, 0.3) is 0 Å². The maximum absolute atomic E-state index is 12.6. The lowest BCUT2D eigenvalue weighted by atomic mass is 9.95. The molecule has 1 saturated heterocycles. The van der Waals surface area contributed by atoms with Crippen molar-refractivity contribution in [1.82, 2.24) is 4.31 Å². The number of aliphatic hydroxyl groups excluding tert-OH is 1. The van der Waals surface area contributed by atoms with Crippen LogP contribution >= 0.6 is 0 Å². The molecule has 1 fully saturated rings. The van der Waals surface area contributed by atoms with E-state index in [0.29, 0.717) is 18.0 Å². The first-order valence-corrected chi connectivity index (χ1v) is 8.11. The Morgan fingerprint density at radius 3 is 2.74 bits per heavy atom. The van der Waals surface area contributed by atoms with Gasteiger partial charge in [0.1, 0.15) is 0 Å². The summed E-state index contributed by atoms with van der Waals surface area (Å²) < 4.78 is 26.8. The molecular formula is C14H21NO3S. The van der Waals surface area contributed by atoms with Gasteiger partial charge in [0.2, 0.25) is 10.0 Å². The molecule has 2 atom stereocenters. The number of benzene rings is 1. The van der Waals surface area contributed by atoms with Gasteiger partial charge < -0.3 is 5.11 Å². The minimum absolute atomic E-state index is 0.0338. The molecule has 0 saturated carbocycles. The van der Waals surface area contributed by atoms with E-state index < -0.39 is 10.0 Å². The Kier molecular flexibility index (Phi) is 4.28. The topological polar surface area (TPSA) is 57.6 Å². The maximum atomic E-state index is 12.6. The summed E-state index contributed by atoms with van der Waals surface area (Å²) >= 11 is 0. The van der Waals surface area contributed by atoms with Crippen LogP contribution in [0.25, 0.3) is 0 Å². The summed E-state index contributed by atoms with van der Waals surface area (Å²) in [5, 5.41) is 9.12. The number of hydrogen-bond donors (Lipinski definition) is 1. The van der Waals surface area contributed by atoms with Gasteiger partial charge in [-0.05, 0) is 43.4 Å². The highest BCUT2D eigenvalue weighted by Crippen LogP contribution is 2.28. The lowest BCUT2D eigenvalue weighted by Crippen LogP contribution is -2.44. The lowest BCUT2D eigenvalue weighted by Gasteiger charge is -2.35. The predicted octanol–water partition coefficient (Wildman–Crippen LogP) is 1.99. The van der Waals surface area contributed by atoms with Crippen molar-refractivity contribution in [2.75, 3.05) is 6.54 Å². The molecule has 0 amide bonds. The Labute approximate surface area is 115 Å². The van der Waals surface area contributed by atoms with E-state index in [4.69, 9.17) is 5.11 Å². The van der Waals surface area contributed by atoms with Crippen molar-refractivity contribution < 1.29 is 13.5 Å². The summed E-state index contributed by atoms with van der Waals surface area (Å²) in [6.07, 6.45) is 1.81. The normalized spacial score (nSPS) is 25.4. The molecule has 1 aliphatic rings. The summed E-state index contributed by atoms with van der Waals surface area (Å²) in [6, 6.07) is 6.59. The molecule has 1 heterocycles. The van der Waals surface area contributed by atoms with E-state index in [-0.39, 0.29) is 17.5 Å². The SMILES string of the molecule is CC1CCN(S(=O)(=O)c2cccc(CO)c2)C(C)C1. The quantitative estimate of drug-likeness (QED) is 0.923. The van der Waals surface area contributed by atoms with Crippen LogP contribution in [0.2, 0.25) is 0 Å². The van der Waals surface area contributed by atoms with Gasteiger partial charge in [-0.2, -0.15) is 4.31 Å². The maximum Gasteiger partial charge on any atom is 0.243 e. The highest BCUT2D eigenvalue weighted by Gasteiger charge is 2.33. The van der Waals surface area contributed by atoms with Crippen LogP contribution in [0.5, 0.6) is 0 Å². The molecule has 2 rings (SSSR count). The molecule has 1 aromatic carbocycles. The fourth-order valence-electron chi connectivity index (χ4n) is 2.68. The lowest BCUT2D eigenvalue weighted by molar-refractivity contribution is 0.220. The summed E-state index contributed by atoms with van der Waals surface area (Å²) in [6.45, 7) is 4.56. The first kappa shape index (κ1) is 14.5. The number of rotatable bonds is 3. The summed E-state index contributed by atoms with van der Waals surface area (Å²) in [5.74, 6) is 0.574. The van der Waals surface area contributed by atoms with Gasteiger partial charge in [0.05, 0.1) is 11.5 Å². The molecule has 5 heteroatoms. The van der Waals surface area contributed by atoms with Gasteiger partial charge >= 0.3 is 0 Å². The smallest absolute Gasteiger partial charge is 0.243 e. The van der Waals surface area contributed by atoms with Gasteiger partial charge in [0, 0.05) is 12.6 Å². The Balaban J connectivity index is 2.31. The first-order chi connectivity index (χ1) is 8.95. The third kappa shape index (κ3) is 2.99. The summed E-state index contributed by atoms with van der Waals surface area (Å²) in [5.41, 5.74) is 0.624. The summed E-state index contributed by atoms with van der Waals surface area (Å²) in [4.78, 5) is 0.278. The molecule has 0 radical (unpaired) electrons. The summed E-state index contributed by atoms with van der Waals surface area (Å²) in [7, 11) is -3.45. The highest BCUT2D eigenvalue weighted by atomic mass is 32.2. The van der Waals surface area contributed by atoms with Gasteiger partial charge in [-0.15, -0.1) is 0 Å². The first-order valence-electron chi connectivity index (χ1n) is 6.67. The number of aliphatic hydroxyl groups is 1. The fraction of sp³-hybridized carbons (Fsp3) is 0.571. The van der Waals surface area contributed by atoms with Crippen molar-refractivity contribution in [3.63, 3.8) is 0 Å². The Bertz CT molecular complexity index is 541. The van der Waals surface area contributed by atoms with Gasteiger partial charge in [0.15, 0.2) is 0 Å². The minimum atomic E-state index is -3.45. The highest BCUT2D eigenvalue weighted by molar-refractivity contribution is 7.89. The van der Waals surface area contributed by atoms with Crippen LogP contribution in [0.4, 0.5) is 0 Å². The molecule has 0 aromatic heterocycles. The number of hydrogen-bond acceptors (Lipinski definition) is 3. The molecular weight excluding hydrogens is 262 g/mol. The molecule has 0 spiro atoms. The average Bonchev–Trinajstić information content (AvgIpc) is 2.38. The second-order valence-electron chi connectivity index (χ2n) is 5.40. The molecule has 0 aliphatic carbocycles. The minimum Gasteiger partial charge on any atom is -0.392 e. The van der Waals surface area contributed by atoms with Crippen LogP contribution < -0.4 is 0 Å². The number of piperidine rings is 1. The average molecular weight is 283 g/mol. The molecule has 1 aromatic rings. The van der Waals surface area contributed by atoms with Crippen LogP contribution in [0.3, 0.4) is 0 Å². The Morgan fingerprint density at radius 2 is 2.11 bits per heavy atom. The van der Waals surface area contributed by atoms with Gasteiger partial charge in [-0.1, -0.05) is 19.1 Å². The van der Waals surface area contributed by atoms with Gasteiger partial charge in [-0.3, -0.25) is 0 Å². The zero-order chi connectivity index (χ0) is 14.0. The molecule has 4 nitrogen and oxygen atoms in total. The van der Waals surface area contributed by atoms with Crippen molar-refractivity contribution in [1.29, 1.82) is 0 Å². The predicted molar refractivity (Wildman–Crippen MR) is 74.1 cm³/mol. The van der Waals surface area contributed by atoms with Crippen LogP contribution in [-0.2, 0) is 16.6 Å². The molecule has 106 valence electrons. The van der Waals surface area contributed by atoms with Crippen molar-refractivity contribution in [3.05, 3.63) is 29.8 Å². The fourth-order valence-corrected chi connectivity index (χ4v) is 4.41. The zero-order valence-corrected chi connectivity index (χ0v) is 12.2. The monoisotopic (exact) mass is 283 g/mol. The molecule has 1 N–H and O–H groups in total. The van der Waals surface area contributed by atoms with Crippen LogP contribution in [0.15, 0.2) is 29.2 Å². The molecule has 0 bridgehead atoms. The van der Waals surface area contributed by atoms with Crippen LogP contribution in [0, 0.1) is 5.92 Å². The van der Waals surface area contributed by atoms with Crippen molar-refractivity contribution in [2.24, 2.45) is 5.92 Å². The van der Waals surface area contributed by atoms with E-state index in [2.05, 4.69) is 6.92 Å². The second kappa shape index (κ2) is 5.61. The van der Waals surface area contributed by atoms with Crippen molar-refractivity contribution in [3.8, 4) is 0 Å². The third-order valence-corrected chi connectivity index (χ3v) is 5.77. The standard InChI is InChI=1S/C14H21NO3S/c1-11-6-7-15(12(2)8-11)19(17,18)14-5-3-4-13(9-14)10-16/h3-5,9,11-12,16H,6-8,10H2,1-2H3. The second-order valence-corrected chi connectivity index (χ2v) is 7.29. The van der Waals surface area contributed by atoms with Crippen molar-refractivity contribution >= 4 is 10.0 Å². The molecule has 2 unspecified atom stereocenters. The number of sulfonamides is 1. The van der Waals surface area contributed by atoms with E-state index in [1.165, 1.54) is 0 Å². The molecule has 1 aliphatic heterocycles.